The fourth-order valence-electron chi connectivity index (χ4n) is 3.03. The number of ether oxygens (including phenoxy) is 1. The van der Waals surface area contributed by atoms with E-state index >= 15 is 0 Å². The zero-order valence-electron chi connectivity index (χ0n) is 11.5. The number of nitrogens with one attached hydrogen (secondary N) is 1. The molecule has 0 radical (unpaired) electrons. The molecule has 0 aromatic heterocycles. The molecule has 19 heavy (non-hydrogen) atoms. The van der Waals surface area contributed by atoms with Crippen molar-refractivity contribution >= 4 is 11.9 Å². The first-order valence-corrected chi connectivity index (χ1v) is 7.19. The van der Waals surface area contributed by atoms with Crippen LogP contribution in [0.25, 0.3) is 0 Å². The summed E-state index contributed by atoms with van der Waals surface area (Å²) >= 11 is 0. The molecule has 2 rings (SSSR count). The summed E-state index contributed by atoms with van der Waals surface area (Å²) in [7, 11) is 0. The molecular formula is C14H23NO4. The molecule has 3 atom stereocenters. The number of rotatable bonds is 3. The lowest BCUT2D eigenvalue weighted by molar-refractivity contribution is -0.153. The molecule has 3 unspecified atom stereocenters. The zero-order valence-corrected chi connectivity index (χ0v) is 11.5. The fourth-order valence-corrected chi connectivity index (χ4v) is 3.03. The Bertz CT molecular complexity index is 351. The monoisotopic (exact) mass is 269 g/mol. The minimum Gasteiger partial charge on any atom is -0.481 e. The maximum Gasteiger partial charge on any atom is 0.311 e. The third kappa shape index (κ3) is 3.08. The van der Waals surface area contributed by atoms with E-state index in [1.807, 2.05) is 0 Å². The van der Waals surface area contributed by atoms with Crippen LogP contribution in [0, 0.1) is 5.41 Å². The molecule has 0 bridgehead atoms. The normalized spacial score (nSPS) is 35.6. The number of carbonyl (C=O) groups is 2. The van der Waals surface area contributed by atoms with Gasteiger partial charge in [-0.2, -0.15) is 0 Å². The summed E-state index contributed by atoms with van der Waals surface area (Å²) in [5.74, 6) is -0.957. The Morgan fingerprint density at radius 3 is 2.58 bits per heavy atom. The molecule has 5 nitrogen and oxygen atoms in total. The quantitative estimate of drug-likeness (QED) is 0.817. The summed E-state index contributed by atoms with van der Waals surface area (Å²) in [5, 5.41) is 12.3. The highest BCUT2D eigenvalue weighted by Gasteiger charge is 2.44. The molecule has 1 saturated carbocycles. The topological polar surface area (TPSA) is 75.6 Å². The van der Waals surface area contributed by atoms with Crippen molar-refractivity contribution < 1.29 is 19.4 Å². The third-order valence-electron chi connectivity index (χ3n) is 4.49. The largest absolute Gasteiger partial charge is 0.481 e. The molecule has 2 aliphatic rings. The van der Waals surface area contributed by atoms with Crippen LogP contribution < -0.4 is 5.32 Å². The summed E-state index contributed by atoms with van der Waals surface area (Å²) in [6, 6.07) is -0.281. The Morgan fingerprint density at radius 1 is 1.21 bits per heavy atom. The van der Waals surface area contributed by atoms with E-state index in [0.717, 1.165) is 38.5 Å². The fraction of sp³-hybridized carbons (Fsp3) is 0.857. The van der Waals surface area contributed by atoms with Crippen LogP contribution >= 0.6 is 0 Å². The van der Waals surface area contributed by atoms with Crippen LogP contribution in [-0.4, -0.2) is 35.7 Å². The first kappa shape index (κ1) is 14.3. The lowest BCUT2D eigenvalue weighted by Gasteiger charge is -2.39. The van der Waals surface area contributed by atoms with E-state index in [1.165, 1.54) is 0 Å². The number of carboxylic acids is 1. The second-order valence-corrected chi connectivity index (χ2v) is 5.88. The van der Waals surface area contributed by atoms with Crippen molar-refractivity contribution in [2.45, 2.75) is 64.0 Å². The van der Waals surface area contributed by atoms with Crippen LogP contribution in [0.3, 0.4) is 0 Å². The average Bonchev–Trinajstić information content (AvgIpc) is 2.42. The Morgan fingerprint density at radius 2 is 1.95 bits per heavy atom. The predicted octanol–water partition coefficient (Wildman–Crippen LogP) is 1.71. The lowest BCUT2D eigenvalue weighted by atomic mass is 9.71. The highest BCUT2D eigenvalue weighted by molar-refractivity contribution is 5.83. The van der Waals surface area contributed by atoms with Gasteiger partial charge in [-0.05, 0) is 39.0 Å². The molecule has 0 aromatic carbocycles. The van der Waals surface area contributed by atoms with Gasteiger partial charge < -0.3 is 15.2 Å². The first-order valence-electron chi connectivity index (χ1n) is 7.19. The van der Waals surface area contributed by atoms with Gasteiger partial charge in [0.15, 0.2) is 0 Å². The molecule has 0 spiro atoms. The van der Waals surface area contributed by atoms with Crippen LogP contribution in [-0.2, 0) is 14.3 Å². The van der Waals surface area contributed by atoms with E-state index in [-0.39, 0.29) is 11.9 Å². The van der Waals surface area contributed by atoms with Crippen molar-refractivity contribution in [3.63, 3.8) is 0 Å². The van der Waals surface area contributed by atoms with Gasteiger partial charge in [-0.25, -0.2) is 0 Å². The van der Waals surface area contributed by atoms with E-state index in [1.54, 1.807) is 6.92 Å². The first-order chi connectivity index (χ1) is 9.04. The third-order valence-corrected chi connectivity index (χ3v) is 4.49. The van der Waals surface area contributed by atoms with E-state index in [0.29, 0.717) is 13.0 Å². The molecule has 2 N–H and O–H groups in total. The Balaban J connectivity index is 1.99. The van der Waals surface area contributed by atoms with Crippen molar-refractivity contribution in [1.29, 1.82) is 0 Å². The summed E-state index contributed by atoms with van der Waals surface area (Å²) in [6.45, 7) is 2.36. The highest BCUT2D eigenvalue weighted by atomic mass is 16.5. The zero-order chi connectivity index (χ0) is 13.9. The van der Waals surface area contributed by atoms with Crippen LogP contribution in [0.1, 0.15) is 51.9 Å². The maximum atomic E-state index is 12.1. The maximum absolute atomic E-state index is 12.1. The molecule has 0 aromatic rings. The number of aliphatic carboxylic acids is 1. The van der Waals surface area contributed by atoms with Crippen LogP contribution in [0.5, 0.6) is 0 Å². The van der Waals surface area contributed by atoms with Gasteiger partial charge in [0, 0.05) is 12.6 Å². The van der Waals surface area contributed by atoms with E-state index in [9.17, 15) is 14.7 Å². The minimum atomic E-state index is -0.845. The highest BCUT2D eigenvalue weighted by Crippen LogP contribution is 2.36. The molecule has 2 fully saturated rings. The summed E-state index contributed by atoms with van der Waals surface area (Å²) < 4.78 is 5.45. The second kappa shape index (κ2) is 5.90. The van der Waals surface area contributed by atoms with Gasteiger partial charge in [0.2, 0.25) is 5.91 Å². The molecule has 1 amide bonds. The number of hydrogen-bond donors (Lipinski definition) is 2. The van der Waals surface area contributed by atoms with E-state index < -0.39 is 17.5 Å². The van der Waals surface area contributed by atoms with Gasteiger partial charge >= 0.3 is 5.97 Å². The van der Waals surface area contributed by atoms with E-state index in [2.05, 4.69) is 5.32 Å². The summed E-state index contributed by atoms with van der Waals surface area (Å²) in [5.41, 5.74) is -0.845. The van der Waals surface area contributed by atoms with Gasteiger partial charge in [-0.15, -0.1) is 0 Å². The molecule has 108 valence electrons. The van der Waals surface area contributed by atoms with Crippen molar-refractivity contribution in [1.82, 2.24) is 5.32 Å². The Kier molecular flexibility index (Phi) is 4.45. The van der Waals surface area contributed by atoms with Crippen LogP contribution in [0.4, 0.5) is 0 Å². The number of carboxylic acid groups (broad SMARTS) is 1. The average molecular weight is 269 g/mol. The lowest BCUT2D eigenvalue weighted by Crippen LogP contribution is -2.54. The smallest absolute Gasteiger partial charge is 0.311 e. The standard InChI is InChI=1S/C14H23NO4/c1-14(13(17)18)8-4-2-7-11(14)15-12(16)10-6-3-5-9-19-10/h10-11H,2-9H2,1H3,(H,15,16)(H,17,18). The van der Waals surface area contributed by atoms with Gasteiger partial charge in [-0.3, -0.25) is 9.59 Å². The molecular weight excluding hydrogens is 246 g/mol. The van der Waals surface area contributed by atoms with Crippen molar-refractivity contribution in [2.75, 3.05) is 6.61 Å². The van der Waals surface area contributed by atoms with Crippen molar-refractivity contribution in [2.24, 2.45) is 5.41 Å². The molecule has 1 heterocycles. The molecule has 1 aliphatic carbocycles. The number of carbonyl (C=O) groups excluding carboxylic acids is 1. The van der Waals surface area contributed by atoms with Gasteiger partial charge in [0.25, 0.3) is 0 Å². The molecule has 5 heteroatoms. The second-order valence-electron chi connectivity index (χ2n) is 5.88. The van der Waals surface area contributed by atoms with Crippen LogP contribution in [0.2, 0.25) is 0 Å². The van der Waals surface area contributed by atoms with Gasteiger partial charge in [-0.1, -0.05) is 12.8 Å². The van der Waals surface area contributed by atoms with Crippen molar-refractivity contribution in [3.8, 4) is 0 Å². The minimum absolute atomic E-state index is 0.140. The summed E-state index contributed by atoms with van der Waals surface area (Å²) in [4.78, 5) is 23.6. The van der Waals surface area contributed by atoms with Gasteiger partial charge in [0.05, 0.1) is 5.41 Å². The molecule has 1 saturated heterocycles. The van der Waals surface area contributed by atoms with Crippen molar-refractivity contribution in [3.05, 3.63) is 0 Å². The van der Waals surface area contributed by atoms with E-state index in [4.69, 9.17) is 4.74 Å². The van der Waals surface area contributed by atoms with Gasteiger partial charge in [0.1, 0.15) is 6.10 Å². The Labute approximate surface area is 113 Å². The molecule has 1 aliphatic heterocycles. The number of amides is 1. The summed E-state index contributed by atoms with van der Waals surface area (Å²) in [6.07, 6.45) is 5.59. The Hall–Kier alpha value is -1.10. The number of hydrogen-bond acceptors (Lipinski definition) is 3. The van der Waals surface area contributed by atoms with Crippen LogP contribution in [0.15, 0.2) is 0 Å². The SMILES string of the molecule is CC1(C(=O)O)CCCCC1NC(=O)C1CCCCO1. The predicted molar refractivity (Wildman–Crippen MR) is 69.7 cm³/mol.